The summed E-state index contributed by atoms with van der Waals surface area (Å²) in [6.07, 6.45) is -7.82. The van der Waals surface area contributed by atoms with Crippen LogP contribution in [0.4, 0.5) is 74.6 Å². The van der Waals surface area contributed by atoms with Crippen LogP contribution in [0.5, 0.6) is 11.5 Å². The first-order valence-corrected chi connectivity index (χ1v) is 9.23. The van der Waals surface area contributed by atoms with Gasteiger partial charge in [0.05, 0.1) is 20.3 Å². The molecule has 0 aliphatic carbocycles. The van der Waals surface area contributed by atoms with Gasteiger partial charge in [-0.3, -0.25) is 0 Å². The van der Waals surface area contributed by atoms with E-state index >= 15 is 0 Å². The molecule has 226 valence electrons. The van der Waals surface area contributed by atoms with Gasteiger partial charge < -0.3 is 19.7 Å². The second kappa shape index (κ2) is 10.4. The molecule has 0 atom stereocenters. The monoisotopic (exact) mass is 614 g/mol. The highest BCUT2D eigenvalue weighted by Crippen LogP contribution is 2.63. The summed E-state index contributed by atoms with van der Waals surface area (Å²) in [5, 5.41) is 18.3. The Labute approximate surface area is 204 Å². The Bertz CT molecular complexity index is 1080. The second-order valence-electron chi connectivity index (χ2n) is 7.22. The maximum absolute atomic E-state index is 14.0. The van der Waals surface area contributed by atoms with Crippen molar-refractivity contribution in [3.63, 3.8) is 0 Å². The zero-order valence-electron chi connectivity index (χ0n) is 18.2. The molecule has 0 fully saturated rings. The van der Waals surface area contributed by atoms with Gasteiger partial charge in [0.15, 0.2) is 0 Å². The molecule has 4 nitrogen and oxygen atoms in total. The third-order valence-electron chi connectivity index (χ3n) is 4.78. The van der Waals surface area contributed by atoms with Crippen LogP contribution in [0.15, 0.2) is 24.0 Å². The van der Waals surface area contributed by atoms with Crippen LogP contribution in [0.2, 0.25) is 0 Å². The highest BCUT2D eigenvalue weighted by molar-refractivity contribution is 5.46. The van der Waals surface area contributed by atoms with E-state index in [0.29, 0.717) is 12.1 Å². The number of alkyl halides is 15. The summed E-state index contributed by atoms with van der Waals surface area (Å²) in [6, 6.07) is -2.66. The minimum absolute atomic E-state index is 0.339. The number of hydrogen-bond acceptors (Lipinski definition) is 4. The third kappa shape index (κ3) is 5.13. The van der Waals surface area contributed by atoms with Crippen LogP contribution in [0, 0.1) is 0 Å². The topological polar surface area (TPSA) is 58.9 Å². The standard InChI is InChI=1S/C18H11F17O4/c1-38-8-2-7(5-37)9(3-6(8)4-36)39-11(20)10(19)12(21,22)13(23,24)14(25,26)15(27,28)16(29,30)17(31,32)18(33,34)35/h2-3,36-37H,4-5H2,1H3. The third-order valence-corrected chi connectivity index (χ3v) is 4.78. The van der Waals surface area contributed by atoms with Gasteiger partial charge in [-0.15, -0.1) is 0 Å². The fraction of sp³-hybridized carbons (Fsp3) is 0.556. The van der Waals surface area contributed by atoms with Crippen LogP contribution >= 0.6 is 0 Å². The minimum Gasteiger partial charge on any atom is -0.496 e. The van der Waals surface area contributed by atoms with Crippen molar-refractivity contribution < 1.29 is 94.3 Å². The van der Waals surface area contributed by atoms with Crippen molar-refractivity contribution in [2.75, 3.05) is 7.11 Å². The van der Waals surface area contributed by atoms with E-state index < -0.39 is 83.6 Å². The predicted octanol–water partition coefficient (Wildman–Crippen LogP) is 6.54. The summed E-state index contributed by atoms with van der Waals surface area (Å²) < 4.78 is 234. The number of hydrogen-bond donors (Lipinski definition) is 2. The predicted molar refractivity (Wildman–Crippen MR) is 90.4 cm³/mol. The van der Waals surface area contributed by atoms with Crippen molar-refractivity contribution in [1.29, 1.82) is 0 Å². The van der Waals surface area contributed by atoms with Gasteiger partial charge in [-0.05, 0) is 12.1 Å². The average Bonchev–Trinajstić information content (AvgIpc) is 2.81. The summed E-state index contributed by atoms with van der Waals surface area (Å²) in [7, 11) is 0.947. The molecule has 0 bridgehead atoms. The van der Waals surface area contributed by atoms with Crippen LogP contribution in [0.25, 0.3) is 0 Å². The molecule has 0 heterocycles. The van der Waals surface area contributed by atoms with E-state index in [0.717, 1.165) is 7.11 Å². The average molecular weight is 614 g/mol. The van der Waals surface area contributed by atoms with Gasteiger partial charge in [0.1, 0.15) is 11.5 Å². The van der Waals surface area contributed by atoms with Gasteiger partial charge in [0.25, 0.3) is 0 Å². The first-order chi connectivity index (χ1) is 17.2. The largest absolute Gasteiger partial charge is 0.496 e. The van der Waals surface area contributed by atoms with Gasteiger partial charge in [-0.25, -0.2) is 0 Å². The molecule has 0 saturated heterocycles. The highest BCUT2D eigenvalue weighted by atomic mass is 19.4. The molecule has 0 spiro atoms. The number of aliphatic hydroxyl groups is 2. The molecule has 1 aromatic rings. The van der Waals surface area contributed by atoms with E-state index in [1.54, 1.807) is 0 Å². The van der Waals surface area contributed by atoms with Crippen molar-refractivity contribution in [3.05, 3.63) is 35.1 Å². The van der Waals surface area contributed by atoms with E-state index in [9.17, 15) is 74.6 Å². The Kier molecular flexibility index (Phi) is 9.12. The molecule has 0 unspecified atom stereocenters. The zero-order valence-corrected chi connectivity index (χ0v) is 18.2. The number of allylic oxidation sites excluding steroid dienone is 1. The van der Waals surface area contributed by atoms with E-state index in [2.05, 4.69) is 9.47 Å². The number of rotatable bonds is 11. The fourth-order valence-corrected chi connectivity index (χ4v) is 2.55. The van der Waals surface area contributed by atoms with Crippen molar-refractivity contribution in [1.82, 2.24) is 0 Å². The van der Waals surface area contributed by atoms with Crippen LogP contribution in [0.3, 0.4) is 0 Å². The Morgan fingerprint density at radius 3 is 1.36 bits per heavy atom. The van der Waals surface area contributed by atoms with Crippen molar-refractivity contribution in [2.45, 2.75) is 54.9 Å². The number of methoxy groups -OCH3 is 1. The van der Waals surface area contributed by atoms with Gasteiger partial charge in [-0.1, -0.05) is 0 Å². The Morgan fingerprint density at radius 2 is 0.974 bits per heavy atom. The Balaban J connectivity index is 3.69. The minimum atomic E-state index is -8.69. The molecule has 21 heteroatoms. The summed E-state index contributed by atoms with van der Waals surface area (Å²) >= 11 is 0. The van der Waals surface area contributed by atoms with Gasteiger partial charge >= 0.3 is 47.7 Å². The summed E-state index contributed by atoms with van der Waals surface area (Å²) in [6.45, 7) is -2.32. The van der Waals surface area contributed by atoms with Gasteiger partial charge in [0.2, 0.25) is 5.83 Å². The number of aliphatic hydroxyl groups excluding tert-OH is 2. The zero-order chi connectivity index (χ0) is 31.2. The summed E-state index contributed by atoms with van der Waals surface area (Å²) in [5.74, 6) is -56.4. The summed E-state index contributed by atoms with van der Waals surface area (Å²) in [4.78, 5) is 0. The van der Waals surface area contributed by atoms with E-state index in [1.807, 2.05) is 0 Å². The molecule has 39 heavy (non-hydrogen) atoms. The van der Waals surface area contributed by atoms with E-state index in [-0.39, 0.29) is 5.75 Å². The summed E-state index contributed by atoms with van der Waals surface area (Å²) in [5.41, 5.74) is -1.23. The van der Waals surface area contributed by atoms with Crippen molar-refractivity contribution in [2.24, 2.45) is 0 Å². The van der Waals surface area contributed by atoms with Gasteiger partial charge in [0, 0.05) is 11.1 Å². The van der Waals surface area contributed by atoms with Gasteiger partial charge in [-0.2, -0.15) is 74.6 Å². The van der Waals surface area contributed by atoms with E-state index in [1.165, 1.54) is 0 Å². The fourth-order valence-electron chi connectivity index (χ4n) is 2.55. The molecule has 0 radical (unpaired) electrons. The number of ether oxygens (including phenoxy) is 2. The molecular formula is C18H11F17O4. The van der Waals surface area contributed by atoms with E-state index in [4.69, 9.17) is 10.2 Å². The lowest BCUT2D eigenvalue weighted by Gasteiger charge is -2.41. The lowest BCUT2D eigenvalue weighted by atomic mass is 9.91. The lowest BCUT2D eigenvalue weighted by Crippen LogP contribution is -2.72. The molecule has 2 N–H and O–H groups in total. The number of benzene rings is 1. The molecule has 0 saturated carbocycles. The van der Waals surface area contributed by atoms with Crippen LogP contribution in [-0.4, -0.2) is 59.0 Å². The number of halogens is 17. The SMILES string of the molecule is COc1cc(CO)c(OC(F)=C(F)C(F)(F)C(F)(F)C(F)(F)C(F)(F)C(F)(F)C(F)(F)C(F)(F)F)cc1CO. The maximum Gasteiger partial charge on any atom is 0.460 e. The molecular weight excluding hydrogens is 603 g/mol. The molecule has 0 aliphatic rings. The maximum atomic E-state index is 14.0. The smallest absolute Gasteiger partial charge is 0.460 e. The quantitative estimate of drug-likeness (QED) is 0.220. The molecule has 1 aromatic carbocycles. The first kappa shape index (κ1) is 34.3. The van der Waals surface area contributed by atoms with Crippen molar-refractivity contribution >= 4 is 0 Å². The Hall–Kier alpha value is -2.71. The molecule has 0 aliphatic heterocycles. The first-order valence-electron chi connectivity index (χ1n) is 9.23. The lowest BCUT2D eigenvalue weighted by molar-refractivity contribution is -0.451. The molecule has 0 amide bonds. The second-order valence-corrected chi connectivity index (χ2v) is 7.22. The molecule has 1 rings (SSSR count). The molecule has 0 aromatic heterocycles. The highest BCUT2D eigenvalue weighted by Gasteiger charge is 2.93. The van der Waals surface area contributed by atoms with Crippen LogP contribution < -0.4 is 9.47 Å². The van der Waals surface area contributed by atoms with Crippen LogP contribution in [0.1, 0.15) is 11.1 Å². The normalized spacial score (nSPS) is 15.3. The van der Waals surface area contributed by atoms with Crippen LogP contribution in [-0.2, 0) is 13.2 Å². The Morgan fingerprint density at radius 1 is 0.615 bits per heavy atom. The van der Waals surface area contributed by atoms with Crippen molar-refractivity contribution in [3.8, 4) is 11.5 Å².